The number of morpholine rings is 1. The first-order valence-electron chi connectivity index (χ1n) is 7.52. The first-order chi connectivity index (χ1) is 9.33. The molecule has 2 unspecified atom stereocenters. The largest absolute Gasteiger partial charge is 0.376 e. The molecule has 2 atom stereocenters. The highest BCUT2D eigenvalue weighted by molar-refractivity contribution is 7.11. The molecule has 1 aromatic heterocycles. The molecule has 0 aliphatic carbocycles. The van der Waals surface area contributed by atoms with Crippen molar-refractivity contribution in [2.75, 3.05) is 13.2 Å². The second kappa shape index (κ2) is 6.56. The van der Waals surface area contributed by atoms with Crippen LogP contribution in [0.1, 0.15) is 44.4 Å². The van der Waals surface area contributed by atoms with E-state index in [9.17, 15) is 0 Å². The van der Waals surface area contributed by atoms with Crippen molar-refractivity contribution in [3.8, 4) is 0 Å². The lowest BCUT2D eigenvalue weighted by Gasteiger charge is -2.36. The van der Waals surface area contributed by atoms with Crippen molar-refractivity contribution in [3.63, 3.8) is 0 Å². The van der Waals surface area contributed by atoms with E-state index in [0.29, 0.717) is 12.1 Å². The maximum Gasteiger partial charge on any atom is 0.0674 e. The van der Waals surface area contributed by atoms with Crippen molar-refractivity contribution in [1.29, 1.82) is 0 Å². The SMILES string of the molecule is CC1CN(Cc2ccc(CNC(C)(C)C)s2)C(C)CO1. The predicted octanol–water partition coefficient (Wildman–Crippen LogP) is 3.25. The van der Waals surface area contributed by atoms with Gasteiger partial charge >= 0.3 is 0 Å². The maximum absolute atomic E-state index is 5.69. The molecule has 114 valence electrons. The summed E-state index contributed by atoms with van der Waals surface area (Å²) in [6, 6.07) is 5.05. The molecule has 2 heterocycles. The molecule has 1 fully saturated rings. The molecule has 0 amide bonds. The van der Waals surface area contributed by atoms with Crippen LogP contribution in [0.5, 0.6) is 0 Å². The van der Waals surface area contributed by atoms with Crippen LogP contribution >= 0.6 is 11.3 Å². The van der Waals surface area contributed by atoms with Crippen LogP contribution in [0.25, 0.3) is 0 Å². The predicted molar refractivity (Wildman–Crippen MR) is 86.2 cm³/mol. The molecular weight excluding hydrogens is 268 g/mol. The lowest BCUT2D eigenvalue weighted by atomic mass is 10.1. The van der Waals surface area contributed by atoms with E-state index in [2.05, 4.69) is 57.0 Å². The van der Waals surface area contributed by atoms with Crippen molar-refractivity contribution < 1.29 is 4.74 Å². The maximum atomic E-state index is 5.69. The molecule has 0 bridgehead atoms. The Bertz CT molecular complexity index is 424. The highest BCUT2D eigenvalue weighted by atomic mass is 32.1. The van der Waals surface area contributed by atoms with Gasteiger partial charge in [-0.2, -0.15) is 0 Å². The third-order valence-corrected chi connectivity index (χ3v) is 4.68. The summed E-state index contributed by atoms with van der Waals surface area (Å²) in [7, 11) is 0. The zero-order chi connectivity index (χ0) is 14.8. The van der Waals surface area contributed by atoms with Crippen LogP contribution in [0, 0.1) is 0 Å². The van der Waals surface area contributed by atoms with Gasteiger partial charge in [0.25, 0.3) is 0 Å². The topological polar surface area (TPSA) is 24.5 Å². The van der Waals surface area contributed by atoms with Crippen molar-refractivity contribution >= 4 is 11.3 Å². The standard InChI is InChI=1S/C16H28N2OS/c1-12-11-19-13(2)9-18(12)10-15-7-6-14(20-15)8-17-16(3,4)5/h6-7,12-13,17H,8-11H2,1-5H3. The molecule has 0 aromatic carbocycles. The van der Waals surface area contributed by atoms with Gasteiger partial charge in [0.05, 0.1) is 12.7 Å². The average Bonchev–Trinajstić information content (AvgIpc) is 2.78. The third-order valence-electron chi connectivity index (χ3n) is 3.61. The smallest absolute Gasteiger partial charge is 0.0674 e. The van der Waals surface area contributed by atoms with Gasteiger partial charge in [-0.05, 0) is 46.8 Å². The van der Waals surface area contributed by atoms with E-state index in [0.717, 1.165) is 26.2 Å². The van der Waals surface area contributed by atoms with Gasteiger partial charge in [-0.15, -0.1) is 11.3 Å². The van der Waals surface area contributed by atoms with Gasteiger partial charge in [-0.25, -0.2) is 0 Å². The van der Waals surface area contributed by atoms with Gasteiger partial charge in [0.15, 0.2) is 0 Å². The van der Waals surface area contributed by atoms with Crippen molar-refractivity contribution in [2.24, 2.45) is 0 Å². The molecule has 1 N–H and O–H groups in total. The highest BCUT2D eigenvalue weighted by Gasteiger charge is 2.23. The summed E-state index contributed by atoms with van der Waals surface area (Å²) in [5.74, 6) is 0. The highest BCUT2D eigenvalue weighted by Crippen LogP contribution is 2.22. The number of thiophene rings is 1. The molecule has 20 heavy (non-hydrogen) atoms. The molecule has 2 rings (SSSR count). The Labute approximate surface area is 127 Å². The number of ether oxygens (including phenoxy) is 1. The normalized spacial score (nSPS) is 25.1. The zero-order valence-corrected chi connectivity index (χ0v) is 14.2. The molecule has 1 aromatic rings. The van der Waals surface area contributed by atoms with E-state index < -0.39 is 0 Å². The van der Waals surface area contributed by atoms with Crippen LogP contribution in [0.2, 0.25) is 0 Å². The fraction of sp³-hybridized carbons (Fsp3) is 0.750. The first kappa shape index (κ1) is 16.0. The number of nitrogens with one attached hydrogen (secondary N) is 1. The Morgan fingerprint density at radius 3 is 2.70 bits per heavy atom. The summed E-state index contributed by atoms with van der Waals surface area (Å²) in [6.07, 6.45) is 0.355. The van der Waals surface area contributed by atoms with Crippen LogP contribution < -0.4 is 5.32 Å². The summed E-state index contributed by atoms with van der Waals surface area (Å²) in [5, 5.41) is 3.55. The molecular formula is C16H28N2OS. The number of hydrogen-bond donors (Lipinski definition) is 1. The molecule has 4 heteroatoms. The van der Waals surface area contributed by atoms with E-state index in [4.69, 9.17) is 4.74 Å². The second-order valence-corrected chi connectivity index (χ2v) is 8.15. The molecule has 0 spiro atoms. The summed E-state index contributed by atoms with van der Waals surface area (Å²) >= 11 is 1.93. The van der Waals surface area contributed by atoms with Crippen LogP contribution in [-0.2, 0) is 17.8 Å². The Balaban J connectivity index is 1.89. The van der Waals surface area contributed by atoms with Crippen molar-refractivity contribution in [2.45, 2.75) is 65.4 Å². The quantitative estimate of drug-likeness (QED) is 0.923. The van der Waals surface area contributed by atoms with Crippen LogP contribution in [0.15, 0.2) is 12.1 Å². The molecule has 1 saturated heterocycles. The average molecular weight is 296 g/mol. The summed E-state index contributed by atoms with van der Waals surface area (Å²) in [5.41, 5.74) is 0.179. The molecule has 1 aliphatic heterocycles. The Morgan fingerprint density at radius 2 is 2.00 bits per heavy atom. The van der Waals surface area contributed by atoms with Gasteiger partial charge in [0.2, 0.25) is 0 Å². The van der Waals surface area contributed by atoms with E-state index in [1.54, 1.807) is 0 Å². The summed E-state index contributed by atoms with van der Waals surface area (Å²) < 4.78 is 5.69. The lowest BCUT2D eigenvalue weighted by molar-refractivity contribution is -0.0523. The minimum atomic E-state index is 0.179. The summed E-state index contributed by atoms with van der Waals surface area (Å²) in [6.45, 7) is 14.9. The summed E-state index contributed by atoms with van der Waals surface area (Å²) in [4.78, 5) is 5.40. The number of rotatable bonds is 4. The van der Waals surface area contributed by atoms with Gasteiger partial charge in [-0.1, -0.05) is 0 Å². The number of hydrogen-bond acceptors (Lipinski definition) is 4. The Kier molecular flexibility index (Phi) is 5.24. The van der Waals surface area contributed by atoms with Gasteiger partial charge < -0.3 is 10.1 Å². The fourth-order valence-electron chi connectivity index (χ4n) is 2.35. The van der Waals surface area contributed by atoms with E-state index in [1.165, 1.54) is 9.75 Å². The zero-order valence-electron chi connectivity index (χ0n) is 13.4. The fourth-order valence-corrected chi connectivity index (χ4v) is 3.33. The first-order valence-corrected chi connectivity index (χ1v) is 8.33. The van der Waals surface area contributed by atoms with Gasteiger partial charge in [0, 0.05) is 41.0 Å². The number of nitrogens with zero attached hydrogens (tertiary/aromatic N) is 1. The van der Waals surface area contributed by atoms with Crippen LogP contribution in [-0.4, -0.2) is 35.7 Å². The Morgan fingerprint density at radius 1 is 1.30 bits per heavy atom. The molecule has 0 radical (unpaired) electrons. The van der Waals surface area contributed by atoms with Crippen molar-refractivity contribution in [3.05, 3.63) is 21.9 Å². The monoisotopic (exact) mass is 296 g/mol. The van der Waals surface area contributed by atoms with Crippen LogP contribution in [0.4, 0.5) is 0 Å². The van der Waals surface area contributed by atoms with Gasteiger partial charge in [0.1, 0.15) is 0 Å². The minimum absolute atomic E-state index is 0.179. The van der Waals surface area contributed by atoms with Crippen molar-refractivity contribution in [1.82, 2.24) is 10.2 Å². The second-order valence-electron chi connectivity index (χ2n) is 6.89. The lowest BCUT2D eigenvalue weighted by Crippen LogP contribution is -2.46. The van der Waals surface area contributed by atoms with Crippen LogP contribution in [0.3, 0.4) is 0 Å². The third kappa shape index (κ3) is 4.85. The Hall–Kier alpha value is -0.420. The van der Waals surface area contributed by atoms with E-state index >= 15 is 0 Å². The molecule has 1 aliphatic rings. The molecule has 0 saturated carbocycles. The minimum Gasteiger partial charge on any atom is -0.376 e. The van der Waals surface area contributed by atoms with Gasteiger partial charge in [-0.3, -0.25) is 4.90 Å². The van der Waals surface area contributed by atoms with E-state index in [1.807, 2.05) is 11.3 Å². The molecule has 3 nitrogen and oxygen atoms in total. The van der Waals surface area contributed by atoms with E-state index in [-0.39, 0.29) is 5.54 Å².